The number of hydrogen-bond acceptors (Lipinski definition) is 4. The Kier molecular flexibility index (Phi) is 16.4. The summed E-state index contributed by atoms with van der Waals surface area (Å²) in [5.41, 5.74) is 19.6. The van der Waals surface area contributed by atoms with E-state index in [0.717, 1.165) is 102 Å². The van der Waals surface area contributed by atoms with Crippen molar-refractivity contribution in [1.82, 2.24) is 15.0 Å². The van der Waals surface area contributed by atoms with Crippen LogP contribution in [0.2, 0.25) is 0 Å². The smallest absolute Gasteiger partial charge is 0.164 e. The summed E-state index contributed by atoms with van der Waals surface area (Å²) in [4.78, 5) is 31.0. The average Bonchev–Trinajstić information content (AvgIpc) is 1.86. The summed E-state index contributed by atoms with van der Waals surface area (Å²) in [7, 11) is 0. The summed E-state index contributed by atoms with van der Waals surface area (Å²) in [6.45, 7) is 14.2. The second-order valence-electron chi connectivity index (χ2n) is 20.8. The molecule has 0 unspecified atom stereocenters. The molecule has 1 heterocycles. The molecule has 13 rings (SSSR count). The summed E-state index contributed by atoms with van der Waals surface area (Å²) in [6.07, 6.45) is 16.7. The first kappa shape index (κ1) is 55.0. The van der Waals surface area contributed by atoms with Crippen molar-refractivity contribution in [1.29, 1.82) is 0 Å². The molecule has 85 heavy (non-hydrogen) atoms. The highest BCUT2D eigenvalue weighted by molar-refractivity contribution is 6.17. The molecule has 10 aromatic carbocycles. The number of aromatic nitrogens is 3. The third kappa shape index (κ3) is 11.3. The zero-order valence-corrected chi connectivity index (χ0v) is 48.3. The topological polar surface area (TPSA) is 75.8 Å². The molecule has 1 aromatic heterocycles. The quantitative estimate of drug-likeness (QED) is 0.0656. The summed E-state index contributed by atoms with van der Waals surface area (Å²) in [5, 5.41) is 4.59. The van der Waals surface area contributed by atoms with E-state index in [-0.39, 0.29) is 0 Å². The second kappa shape index (κ2) is 25.3. The predicted octanol–water partition coefficient (Wildman–Crippen LogP) is 20.2. The Morgan fingerprint density at radius 3 is 1.59 bits per heavy atom. The molecule has 0 atom stereocenters. The number of nitrogens with zero attached hydrogens (tertiary/aromatic N) is 6. The molecule has 2 aliphatic rings. The van der Waals surface area contributed by atoms with Crippen LogP contribution in [0.4, 0.5) is 0 Å². The molecular formula is C79H64N6. The van der Waals surface area contributed by atoms with Crippen LogP contribution in [0, 0.1) is 0 Å². The highest BCUT2D eigenvalue weighted by Gasteiger charge is 2.28. The van der Waals surface area contributed by atoms with Gasteiger partial charge in [-0.25, -0.2) is 24.9 Å². The number of benzene rings is 10. The number of fused-ring (bicyclic) bond motifs is 1. The fourth-order valence-electron chi connectivity index (χ4n) is 11.8. The Balaban J connectivity index is 0.00000351. The minimum atomic E-state index is 0.342. The molecule has 0 bridgehead atoms. The molecular weight excluding hydrogens is 1030 g/mol. The maximum absolute atomic E-state index is 5.43. The van der Waals surface area contributed by atoms with Crippen LogP contribution in [0.5, 0.6) is 0 Å². The van der Waals surface area contributed by atoms with Gasteiger partial charge >= 0.3 is 0 Å². The number of hydrogen-bond donors (Lipinski definition) is 0. The van der Waals surface area contributed by atoms with E-state index in [9.17, 15) is 0 Å². The zero-order valence-electron chi connectivity index (χ0n) is 48.3. The molecule has 0 radical (unpaired) electrons. The Morgan fingerprint density at radius 2 is 1.02 bits per heavy atom. The standard InChI is InChI=1S/C77H58N6.C2H6/c1-4-23-57(24-5-2)73(78-3)80-74(58-29-15-8-16-30-58)79-50-61-47-66(55-43-39-53(40-44-55)51-25-11-6-12-26-51)68-49-69-67(56-45-41-54(42-46-56)52-27-13-7-14-28-52)48-70(65-38-22-37-64(72(65)69)63-36-21-35-62(61)71(63)68)77-82-75(59-31-17-9-18-32-59)81-76(83-77)60-33-19-10-20-34-60;1-2/h4-9,11-19,21-48H,1,3,10,20,49-50H2,2H3;1-2H3/b24-5-,57-23+,79-74?,80-73?;. The van der Waals surface area contributed by atoms with E-state index < -0.39 is 0 Å². The minimum Gasteiger partial charge on any atom is -0.261 e. The molecule has 2 aliphatic carbocycles. The Labute approximate surface area is 498 Å². The van der Waals surface area contributed by atoms with E-state index in [4.69, 9.17) is 24.9 Å². The van der Waals surface area contributed by atoms with Gasteiger partial charge in [-0.2, -0.15) is 0 Å². The van der Waals surface area contributed by atoms with E-state index >= 15 is 0 Å². The van der Waals surface area contributed by atoms with E-state index in [0.29, 0.717) is 42.1 Å². The summed E-state index contributed by atoms with van der Waals surface area (Å²) in [5.74, 6) is 2.94. The average molecular weight is 1100 g/mol. The Hall–Kier alpha value is -10.6. The molecule has 11 aromatic rings. The van der Waals surface area contributed by atoms with E-state index in [1.165, 1.54) is 33.0 Å². The normalized spacial score (nSPS) is 13.1. The predicted molar refractivity (Wildman–Crippen MR) is 360 cm³/mol. The third-order valence-corrected chi connectivity index (χ3v) is 15.7. The van der Waals surface area contributed by atoms with Gasteiger partial charge in [0.05, 0.1) is 6.54 Å². The molecule has 0 spiro atoms. The minimum absolute atomic E-state index is 0.342. The summed E-state index contributed by atoms with van der Waals surface area (Å²) < 4.78 is 0. The SMILES string of the molecule is C=C/C=C(\C=C/C)C(N=C)=NC(=NCc1cc(-c2ccc(-c3ccccc3)cc2)c2c3c(cccc13)-c1cccc3c(-c4nc(C5=CCCC=C5)nc(-c5ccccc5)n4)cc(-c4ccc(-c5ccccc5)cc4)c(c13)C2)c1ccccc1.CC. The van der Waals surface area contributed by atoms with Crippen molar-refractivity contribution in [3.05, 3.63) is 301 Å². The molecule has 410 valence electrons. The molecule has 6 heteroatoms. The monoisotopic (exact) mass is 1100 g/mol. The number of rotatable bonds is 13. The van der Waals surface area contributed by atoms with E-state index in [2.05, 4.69) is 206 Å². The van der Waals surface area contributed by atoms with Crippen LogP contribution < -0.4 is 0 Å². The lowest BCUT2D eigenvalue weighted by Crippen LogP contribution is -2.06. The van der Waals surface area contributed by atoms with Crippen LogP contribution in [-0.2, 0) is 13.0 Å². The molecule has 0 amide bonds. The number of allylic oxidation sites excluding steroid dienone is 7. The highest BCUT2D eigenvalue weighted by atomic mass is 15.0. The van der Waals surface area contributed by atoms with Crippen molar-refractivity contribution in [2.45, 2.75) is 46.6 Å². The van der Waals surface area contributed by atoms with Crippen LogP contribution >= 0.6 is 0 Å². The lowest BCUT2D eigenvalue weighted by atomic mass is 9.84. The Morgan fingerprint density at radius 1 is 0.506 bits per heavy atom. The molecule has 0 aliphatic heterocycles. The fourth-order valence-corrected chi connectivity index (χ4v) is 11.8. The molecule has 6 nitrogen and oxygen atoms in total. The summed E-state index contributed by atoms with van der Waals surface area (Å²) >= 11 is 0. The van der Waals surface area contributed by atoms with Gasteiger partial charge in [0.1, 0.15) is 0 Å². The van der Waals surface area contributed by atoms with Crippen LogP contribution in [0.3, 0.4) is 0 Å². The van der Waals surface area contributed by atoms with Gasteiger partial charge < -0.3 is 0 Å². The zero-order chi connectivity index (χ0) is 58.1. The van der Waals surface area contributed by atoms with Crippen molar-refractivity contribution in [3.8, 4) is 78.4 Å². The van der Waals surface area contributed by atoms with Crippen molar-refractivity contribution in [2.24, 2.45) is 15.0 Å². The van der Waals surface area contributed by atoms with Gasteiger partial charge in [-0.1, -0.05) is 269 Å². The fraction of sp³-hybridized carbons (Fsp3) is 0.0886. The lowest BCUT2D eigenvalue weighted by molar-refractivity contribution is 1.01. The van der Waals surface area contributed by atoms with Gasteiger partial charge in [-0.05, 0) is 139 Å². The van der Waals surface area contributed by atoms with Crippen LogP contribution in [0.25, 0.3) is 106 Å². The maximum atomic E-state index is 5.43. The second-order valence-corrected chi connectivity index (χ2v) is 20.8. The van der Waals surface area contributed by atoms with Crippen LogP contribution in [0.15, 0.2) is 288 Å². The highest BCUT2D eigenvalue weighted by Crippen LogP contribution is 2.50. The van der Waals surface area contributed by atoms with Gasteiger partial charge in [-0.15, -0.1) is 0 Å². The van der Waals surface area contributed by atoms with Gasteiger partial charge in [-0.3, -0.25) is 4.99 Å². The number of amidine groups is 2. The molecule has 0 N–H and O–H groups in total. The lowest BCUT2D eigenvalue weighted by Gasteiger charge is -2.20. The first-order chi connectivity index (χ1) is 42.0. The molecule has 0 fully saturated rings. The maximum Gasteiger partial charge on any atom is 0.164 e. The Bertz CT molecular complexity index is 4470. The van der Waals surface area contributed by atoms with Gasteiger partial charge in [0.25, 0.3) is 0 Å². The molecule has 0 saturated heterocycles. The largest absolute Gasteiger partial charge is 0.261 e. The van der Waals surface area contributed by atoms with Crippen molar-refractivity contribution in [3.63, 3.8) is 0 Å². The third-order valence-electron chi connectivity index (χ3n) is 15.7. The van der Waals surface area contributed by atoms with E-state index in [1.54, 1.807) is 6.08 Å². The van der Waals surface area contributed by atoms with Crippen LogP contribution in [0.1, 0.15) is 61.7 Å². The van der Waals surface area contributed by atoms with Crippen LogP contribution in [-0.4, -0.2) is 33.3 Å². The number of aliphatic imine (C=N–C) groups is 3. The summed E-state index contributed by atoms with van der Waals surface area (Å²) in [6, 6.07) is 78.0. The van der Waals surface area contributed by atoms with Gasteiger partial charge in [0.2, 0.25) is 0 Å². The first-order valence-electron chi connectivity index (χ1n) is 29.3. The van der Waals surface area contributed by atoms with E-state index in [1.807, 2.05) is 87.5 Å². The first-order valence-corrected chi connectivity index (χ1v) is 29.3. The van der Waals surface area contributed by atoms with Gasteiger partial charge in [0.15, 0.2) is 29.1 Å². The van der Waals surface area contributed by atoms with Crippen molar-refractivity contribution < 1.29 is 0 Å². The molecule has 0 saturated carbocycles. The van der Waals surface area contributed by atoms with Gasteiger partial charge in [0, 0.05) is 27.8 Å². The van der Waals surface area contributed by atoms with Crippen molar-refractivity contribution in [2.75, 3.05) is 0 Å². The van der Waals surface area contributed by atoms with Crippen molar-refractivity contribution >= 4 is 45.5 Å².